The molecule has 0 amide bonds. The second-order valence-electron chi connectivity index (χ2n) is 5.78. The van der Waals surface area contributed by atoms with Gasteiger partial charge in [-0.05, 0) is 19.3 Å². The average molecular weight is 288 g/mol. The fourth-order valence-electron chi connectivity index (χ4n) is 2.96. The molecule has 0 spiro atoms. The van der Waals surface area contributed by atoms with Crippen LogP contribution in [-0.4, -0.2) is 49.2 Å². The molecule has 118 valence electrons. The van der Waals surface area contributed by atoms with E-state index in [9.17, 15) is 15.0 Å². The lowest BCUT2D eigenvalue weighted by molar-refractivity contribution is -0.153. The largest absolute Gasteiger partial charge is 0.481 e. The summed E-state index contributed by atoms with van der Waals surface area (Å²) in [6, 6.07) is 0. The van der Waals surface area contributed by atoms with Crippen molar-refractivity contribution in [3.05, 3.63) is 0 Å². The summed E-state index contributed by atoms with van der Waals surface area (Å²) in [5.74, 6) is -0.768. The average Bonchev–Trinajstić information content (AvgIpc) is 2.38. The van der Waals surface area contributed by atoms with Gasteiger partial charge in [0.2, 0.25) is 0 Å². The quantitative estimate of drug-likeness (QED) is 0.670. The van der Waals surface area contributed by atoms with Gasteiger partial charge in [-0.15, -0.1) is 0 Å². The molecule has 2 N–H and O–H groups in total. The van der Waals surface area contributed by atoms with E-state index in [1.54, 1.807) is 7.11 Å². The Morgan fingerprint density at radius 1 is 1.15 bits per heavy atom. The molecule has 1 aliphatic carbocycles. The van der Waals surface area contributed by atoms with Crippen molar-refractivity contribution in [1.82, 2.24) is 0 Å². The van der Waals surface area contributed by atoms with Crippen LogP contribution in [0.3, 0.4) is 0 Å². The molecule has 1 rings (SSSR count). The molecule has 0 aliphatic heterocycles. The highest BCUT2D eigenvalue weighted by molar-refractivity contribution is 5.74. The van der Waals surface area contributed by atoms with Crippen LogP contribution in [-0.2, 0) is 14.3 Å². The predicted octanol–water partition coefficient (Wildman–Crippen LogP) is 2.22. The van der Waals surface area contributed by atoms with Gasteiger partial charge >= 0.3 is 5.97 Å². The Morgan fingerprint density at radius 2 is 1.75 bits per heavy atom. The number of carboxylic acid groups (broad SMARTS) is 1. The van der Waals surface area contributed by atoms with E-state index in [0.717, 1.165) is 25.7 Å². The maximum atomic E-state index is 11.7. The minimum absolute atomic E-state index is 0.179. The molecule has 0 aromatic carbocycles. The predicted molar refractivity (Wildman–Crippen MR) is 75.7 cm³/mol. The summed E-state index contributed by atoms with van der Waals surface area (Å²) in [6.45, 7) is 1.09. The minimum atomic E-state index is -0.773. The summed E-state index contributed by atoms with van der Waals surface area (Å²) >= 11 is 0. The summed E-state index contributed by atoms with van der Waals surface area (Å²) in [5, 5.41) is 19.6. The molecule has 0 aromatic rings. The first-order valence-corrected chi connectivity index (χ1v) is 7.59. The van der Waals surface area contributed by atoms with Gasteiger partial charge in [0, 0.05) is 7.11 Å². The first kappa shape index (κ1) is 17.4. The SMILES string of the molecule is COCCOCC(O)CC1(C(=O)O)CCCCCCC1. The van der Waals surface area contributed by atoms with Crippen molar-refractivity contribution in [2.24, 2.45) is 5.41 Å². The number of hydrogen-bond acceptors (Lipinski definition) is 4. The van der Waals surface area contributed by atoms with Crippen molar-refractivity contribution in [2.45, 2.75) is 57.5 Å². The molecule has 0 aromatic heterocycles. The highest BCUT2D eigenvalue weighted by atomic mass is 16.5. The summed E-state index contributed by atoms with van der Waals surface area (Å²) in [4.78, 5) is 11.7. The van der Waals surface area contributed by atoms with E-state index in [4.69, 9.17) is 9.47 Å². The molecule has 1 unspecified atom stereocenters. The van der Waals surface area contributed by atoms with Crippen LogP contribution < -0.4 is 0 Å². The van der Waals surface area contributed by atoms with Gasteiger partial charge in [-0.3, -0.25) is 4.79 Å². The number of ether oxygens (including phenoxy) is 2. The number of aliphatic hydroxyl groups is 1. The standard InChI is InChI=1S/C15H28O5/c1-19-9-10-20-12-13(16)11-15(14(17)18)7-5-3-2-4-6-8-15/h13,16H,2-12H2,1H3,(H,17,18). The maximum absolute atomic E-state index is 11.7. The number of aliphatic hydroxyl groups excluding tert-OH is 1. The van der Waals surface area contributed by atoms with Gasteiger partial charge in [0.1, 0.15) is 0 Å². The monoisotopic (exact) mass is 288 g/mol. The van der Waals surface area contributed by atoms with E-state index in [-0.39, 0.29) is 13.0 Å². The van der Waals surface area contributed by atoms with Crippen molar-refractivity contribution < 1.29 is 24.5 Å². The van der Waals surface area contributed by atoms with E-state index < -0.39 is 17.5 Å². The van der Waals surface area contributed by atoms with Gasteiger partial charge in [-0.25, -0.2) is 0 Å². The van der Waals surface area contributed by atoms with Crippen LogP contribution in [0.25, 0.3) is 0 Å². The Hall–Kier alpha value is -0.650. The van der Waals surface area contributed by atoms with Crippen molar-refractivity contribution in [3.8, 4) is 0 Å². The Kier molecular flexibility index (Phi) is 8.11. The molecule has 1 fully saturated rings. The summed E-state index contributed by atoms with van der Waals surface area (Å²) < 4.78 is 10.2. The molecule has 1 saturated carbocycles. The van der Waals surface area contributed by atoms with E-state index in [0.29, 0.717) is 26.1 Å². The molecule has 1 aliphatic rings. The summed E-state index contributed by atoms with van der Waals surface area (Å²) in [5.41, 5.74) is -0.773. The van der Waals surface area contributed by atoms with Crippen LogP contribution in [0.15, 0.2) is 0 Å². The number of carbonyl (C=O) groups is 1. The first-order chi connectivity index (χ1) is 9.60. The Bertz CT molecular complexity index is 271. The van der Waals surface area contributed by atoms with Gasteiger partial charge in [-0.1, -0.05) is 32.1 Å². The van der Waals surface area contributed by atoms with Crippen molar-refractivity contribution >= 4 is 5.97 Å². The zero-order chi connectivity index (χ0) is 14.8. The molecule has 0 radical (unpaired) electrons. The Morgan fingerprint density at radius 3 is 2.30 bits per heavy atom. The van der Waals surface area contributed by atoms with Gasteiger partial charge in [0.25, 0.3) is 0 Å². The fourth-order valence-corrected chi connectivity index (χ4v) is 2.96. The molecular formula is C15H28O5. The number of rotatable bonds is 8. The number of hydrogen-bond donors (Lipinski definition) is 2. The van der Waals surface area contributed by atoms with Gasteiger partial charge in [-0.2, -0.15) is 0 Å². The molecule has 20 heavy (non-hydrogen) atoms. The van der Waals surface area contributed by atoms with Gasteiger partial charge < -0.3 is 19.7 Å². The van der Waals surface area contributed by atoms with E-state index >= 15 is 0 Å². The molecule has 5 nitrogen and oxygen atoms in total. The lowest BCUT2D eigenvalue weighted by Crippen LogP contribution is -2.37. The number of aliphatic carboxylic acids is 1. The molecule has 0 bridgehead atoms. The fraction of sp³-hybridized carbons (Fsp3) is 0.933. The second kappa shape index (κ2) is 9.32. The molecular weight excluding hydrogens is 260 g/mol. The van der Waals surface area contributed by atoms with Crippen molar-refractivity contribution in [1.29, 1.82) is 0 Å². The van der Waals surface area contributed by atoms with E-state index in [1.807, 2.05) is 0 Å². The van der Waals surface area contributed by atoms with Gasteiger partial charge in [0.05, 0.1) is 31.3 Å². The Balaban J connectivity index is 2.49. The van der Waals surface area contributed by atoms with Gasteiger partial charge in [0.15, 0.2) is 0 Å². The van der Waals surface area contributed by atoms with Crippen LogP contribution in [0.4, 0.5) is 0 Å². The number of methoxy groups -OCH3 is 1. The lowest BCUT2D eigenvalue weighted by Gasteiger charge is -2.33. The normalized spacial score (nSPS) is 20.9. The molecule has 1 atom stereocenters. The zero-order valence-electron chi connectivity index (χ0n) is 12.5. The third kappa shape index (κ3) is 5.77. The zero-order valence-corrected chi connectivity index (χ0v) is 12.5. The van der Waals surface area contributed by atoms with E-state index in [2.05, 4.69) is 0 Å². The number of carboxylic acids is 1. The highest BCUT2D eigenvalue weighted by Gasteiger charge is 2.39. The van der Waals surface area contributed by atoms with Crippen LogP contribution in [0.5, 0.6) is 0 Å². The molecule has 5 heteroatoms. The topological polar surface area (TPSA) is 76.0 Å². The first-order valence-electron chi connectivity index (χ1n) is 7.59. The van der Waals surface area contributed by atoms with Crippen molar-refractivity contribution in [3.63, 3.8) is 0 Å². The highest BCUT2D eigenvalue weighted by Crippen LogP contribution is 2.38. The van der Waals surface area contributed by atoms with Crippen LogP contribution in [0.2, 0.25) is 0 Å². The minimum Gasteiger partial charge on any atom is -0.481 e. The maximum Gasteiger partial charge on any atom is 0.309 e. The van der Waals surface area contributed by atoms with Crippen molar-refractivity contribution in [2.75, 3.05) is 26.9 Å². The molecule has 0 saturated heterocycles. The van der Waals surface area contributed by atoms with Crippen LogP contribution >= 0.6 is 0 Å². The van der Waals surface area contributed by atoms with E-state index in [1.165, 1.54) is 6.42 Å². The second-order valence-corrected chi connectivity index (χ2v) is 5.78. The van der Waals surface area contributed by atoms with Crippen LogP contribution in [0.1, 0.15) is 51.4 Å². The van der Waals surface area contributed by atoms with Crippen LogP contribution in [0, 0.1) is 5.41 Å². The lowest BCUT2D eigenvalue weighted by atomic mass is 9.72. The third-order valence-corrected chi connectivity index (χ3v) is 4.13. The summed E-state index contributed by atoms with van der Waals surface area (Å²) in [7, 11) is 1.59. The Labute approximate surface area is 121 Å². The smallest absolute Gasteiger partial charge is 0.309 e. The molecule has 0 heterocycles. The summed E-state index contributed by atoms with van der Waals surface area (Å²) in [6.07, 6.45) is 6.14. The third-order valence-electron chi connectivity index (χ3n) is 4.13.